The summed E-state index contributed by atoms with van der Waals surface area (Å²) in [6, 6.07) is 5.38. The van der Waals surface area contributed by atoms with Crippen LogP contribution in [0, 0.1) is 0 Å². The van der Waals surface area contributed by atoms with Gasteiger partial charge in [-0.2, -0.15) is 8.42 Å². The minimum Gasteiger partial charge on any atom is -0.378 e. The number of para-hydroxylation sites is 1. The molecule has 20 heavy (non-hydrogen) atoms. The van der Waals surface area contributed by atoms with Crippen LogP contribution in [0.1, 0.15) is 25.7 Å². The van der Waals surface area contributed by atoms with Gasteiger partial charge in [-0.15, -0.1) is 3.89 Å². The van der Waals surface area contributed by atoms with E-state index in [9.17, 15) is 17.1 Å². The van der Waals surface area contributed by atoms with Gasteiger partial charge >= 0.3 is 10.2 Å². The first kappa shape index (κ1) is 14.9. The molecule has 0 saturated heterocycles. The lowest BCUT2D eigenvalue weighted by Gasteiger charge is -2.39. The summed E-state index contributed by atoms with van der Waals surface area (Å²) in [5, 5.41) is 2.44. The van der Waals surface area contributed by atoms with Crippen molar-refractivity contribution in [2.24, 2.45) is 0 Å². The number of hydrogen-bond acceptors (Lipinski definition) is 4. The van der Waals surface area contributed by atoms with Crippen molar-refractivity contribution in [1.82, 2.24) is 0 Å². The summed E-state index contributed by atoms with van der Waals surface area (Å²) in [5.41, 5.74) is -0.515. The van der Waals surface area contributed by atoms with E-state index < -0.39 is 20.7 Å². The molecule has 1 aliphatic rings. The molecule has 0 heterocycles. The highest BCUT2D eigenvalue weighted by Crippen LogP contribution is 2.38. The summed E-state index contributed by atoms with van der Waals surface area (Å²) in [5.74, 6) is -0.386. The lowest BCUT2D eigenvalue weighted by Crippen LogP contribution is -2.42. The van der Waals surface area contributed by atoms with Crippen molar-refractivity contribution in [2.45, 2.75) is 36.2 Å². The van der Waals surface area contributed by atoms with Crippen LogP contribution in [0.2, 0.25) is 0 Å². The smallest absolute Gasteiger partial charge is 0.334 e. The number of carbonyl (C=O) groups is 1. The zero-order chi connectivity index (χ0) is 14.8. The summed E-state index contributed by atoms with van der Waals surface area (Å²) in [4.78, 5) is 11.4. The number of benzene rings is 1. The van der Waals surface area contributed by atoms with Crippen molar-refractivity contribution in [1.29, 1.82) is 0 Å². The monoisotopic (exact) mass is 301 g/mol. The second-order valence-corrected chi connectivity index (χ2v) is 6.22. The minimum atomic E-state index is -4.87. The first-order valence-corrected chi connectivity index (χ1v) is 7.63. The first-order chi connectivity index (χ1) is 9.36. The largest absolute Gasteiger partial charge is 0.378 e. The fourth-order valence-corrected chi connectivity index (χ4v) is 2.92. The van der Waals surface area contributed by atoms with Gasteiger partial charge in [0.2, 0.25) is 5.91 Å². The second-order valence-electron chi connectivity index (χ2n) is 4.90. The Bertz CT molecular complexity index is 605. The summed E-state index contributed by atoms with van der Waals surface area (Å²) in [6.45, 7) is 0. The highest BCUT2D eigenvalue weighted by molar-refractivity contribution is 7.86. The zero-order valence-electron chi connectivity index (χ0n) is 11.1. The molecule has 0 atom stereocenters. The molecule has 1 N–H and O–H groups in total. The third-order valence-corrected chi connectivity index (χ3v) is 4.49. The maximum Gasteiger partial charge on any atom is 0.334 e. The van der Waals surface area contributed by atoms with Crippen LogP contribution in [0.5, 0.6) is 0 Å². The SMILES string of the molecule is COC1(CC(=O)Nc2ccccc2S(=O)(=O)F)CCC1. The normalized spacial score (nSPS) is 17.3. The highest BCUT2D eigenvalue weighted by atomic mass is 32.3. The van der Waals surface area contributed by atoms with Crippen LogP contribution in [-0.2, 0) is 19.8 Å². The molecule has 110 valence electrons. The average Bonchev–Trinajstić information content (AvgIpc) is 2.33. The third kappa shape index (κ3) is 3.16. The number of ether oxygens (including phenoxy) is 1. The van der Waals surface area contributed by atoms with E-state index in [1.165, 1.54) is 18.2 Å². The van der Waals surface area contributed by atoms with Crippen molar-refractivity contribution < 1.29 is 21.8 Å². The van der Waals surface area contributed by atoms with E-state index in [4.69, 9.17) is 4.74 Å². The molecule has 0 aliphatic heterocycles. The van der Waals surface area contributed by atoms with Gasteiger partial charge in [0, 0.05) is 7.11 Å². The topological polar surface area (TPSA) is 72.5 Å². The molecule has 7 heteroatoms. The standard InChI is InChI=1S/C13H16FNO4S/c1-19-13(7-4-8-13)9-12(16)15-10-5-2-3-6-11(10)20(14,17)18/h2-3,5-6H,4,7-9H2,1H3,(H,15,16). The summed E-state index contributed by atoms with van der Waals surface area (Å²) in [6.07, 6.45) is 2.71. The van der Waals surface area contributed by atoms with E-state index in [0.29, 0.717) is 0 Å². The molecule has 1 aromatic carbocycles. The van der Waals surface area contributed by atoms with Gasteiger partial charge in [0.25, 0.3) is 0 Å². The fourth-order valence-electron chi connectivity index (χ4n) is 2.29. The molecule has 1 saturated carbocycles. The van der Waals surface area contributed by atoms with Gasteiger partial charge in [0.1, 0.15) is 4.90 Å². The molecule has 0 spiro atoms. The Kier molecular flexibility index (Phi) is 4.10. The van der Waals surface area contributed by atoms with E-state index in [-0.39, 0.29) is 18.0 Å². The molecular weight excluding hydrogens is 285 g/mol. The highest BCUT2D eigenvalue weighted by Gasteiger charge is 2.39. The van der Waals surface area contributed by atoms with Crippen molar-refractivity contribution in [2.75, 3.05) is 12.4 Å². The van der Waals surface area contributed by atoms with Gasteiger partial charge < -0.3 is 10.1 Å². The summed E-state index contributed by atoms with van der Waals surface area (Å²) in [7, 11) is -3.32. The van der Waals surface area contributed by atoms with Crippen LogP contribution in [0.3, 0.4) is 0 Å². The predicted molar refractivity (Wildman–Crippen MR) is 71.6 cm³/mol. The van der Waals surface area contributed by atoms with Gasteiger partial charge in [-0.3, -0.25) is 4.79 Å². The van der Waals surface area contributed by atoms with Crippen LogP contribution in [0.25, 0.3) is 0 Å². The number of amides is 1. The summed E-state index contributed by atoms with van der Waals surface area (Å²) < 4.78 is 40.4. The van der Waals surface area contributed by atoms with Crippen LogP contribution in [-0.4, -0.2) is 27.0 Å². The number of halogens is 1. The number of rotatable bonds is 5. The van der Waals surface area contributed by atoms with Crippen LogP contribution >= 0.6 is 0 Å². The molecule has 1 aliphatic carbocycles. The Balaban J connectivity index is 2.13. The van der Waals surface area contributed by atoms with Gasteiger partial charge in [-0.1, -0.05) is 12.1 Å². The van der Waals surface area contributed by atoms with Crippen molar-refractivity contribution in [3.63, 3.8) is 0 Å². The Morgan fingerprint density at radius 1 is 1.40 bits per heavy atom. The van der Waals surface area contributed by atoms with Crippen molar-refractivity contribution >= 4 is 21.8 Å². The number of nitrogens with one attached hydrogen (secondary N) is 1. The maximum absolute atomic E-state index is 13.1. The van der Waals surface area contributed by atoms with Gasteiger partial charge in [0.05, 0.1) is 17.7 Å². The minimum absolute atomic E-state index is 0.0504. The molecular formula is C13H16FNO4S. The van der Waals surface area contributed by atoms with E-state index in [0.717, 1.165) is 25.3 Å². The first-order valence-electron chi connectivity index (χ1n) is 6.25. The van der Waals surface area contributed by atoms with Gasteiger partial charge in [-0.05, 0) is 31.4 Å². The maximum atomic E-state index is 13.1. The number of anilines is 1. The average molecular weight is 301 g/mol. The Morgan fingerprint density at radius 3 is 2.55 bits per heavy atom. The van der Waals surface area contributed by atoms with Crippen molar-refractivity contribution in [3.8, 4) is 0 Å². The lowest BCUT2D eigenvalue weighted by molar-refractivity contribution is -0.129. The Morgan fingerprint density at radius 2 is 2.05 bits per heavy atom. The van der Waals surface area contributed by atoms with Gasteiger partial charge in [-0.25, -0.2) is 0 Å². The number of methoxy groups -OCH3 is 1. The molecule has 0 radical (unpaired) electrons. The summed E-state index contributed by atoms with van der Waals surface area (Å²) >= 11 is 0. The molecule has 1 fully saturated rings. The molecule has 0 unspecified atom stereocenters. The van der Waals surface area contributed by atoms with Crippen LogP contribution in [0.4, 0.5) is 9.57 Å². The van der Waals surface area contributed by atoms with E-state index in [2.05, 4.69) is 5.32 Å². The zero-order valence-corrected chi connectivity index (χ0v) is 11.9. The van der Waals surface area contributed by atoms with Gasteiger partial charge in [0.15, 0.2) is 0 Å². The molecule has 0 bridgehead atoms. The fraction of sp³-hybridized carbons (Fsp3) is 0.462. The Hall–Kier alpha value is -1.47. The molecule has 1 amide bonds. The van der Waals surface area contributed by atoms with E-state index in [1.807, 2.05) is 0 Å². The molecule has 0 aromatic heterocycles. The van der Waals surface area contributed by atoms with Crippen LogP contribution in [0.15, 0.2) is 29.2 Å². The molecule has 2 rings (SSSR count). The Labute approximate surface area is 117 Å². The predicted octanol–water partition coefficient (Wildman–Crippen LogP) is 2.24. The van der Waals surface area contributed by atoms with Crippen LogP contribution < -0.4 is 5.32 Å². The molecule has 1 aromatic rings. The third-order valence-electron chi connectivity index (χ3n) is 3.60. The van der Waals surface area contributed by atoms with E-state index in [1.54, 1.807) is 7.11 Å². The van der Waals surface area contributed by atoms with Crippen molar-refractivity contribution in [3.05, 3.63) is 24.3 Å². The second kappa shape index (κ2) is 5.49. The lowest BCUT2D eigenvalue weighted by atomic mass is 9.77. The number of hydrogen-bond donors (Lipinski definition) is 1. The number of carbonyl (C=O) groups excluding carboxylic acids is 1. The quantitative estimate of drug-likeness (QED) is 0.847. The molecule has 5 nitrogen and oxygen atoms in total. The van der Waals surface area contributed by atoms with E-state index >= 15 is 0 Å².